The van der Waals surface area contributed by atoms with Gasteiger partial charge in [0.25, 0.3) is 0 Å². The molecule has 0 aliphatic carbocycles. The molecule has 0 spiro atoms. The van der Waals surface area contributed by atoms with Crippen LogP contribution in [0, 0.1) is 0 Å². The van der Waals surface area contributed by atoms with Gasteiger partial charge >= 0.3 is 15.2 Å². The Balaban J connectivity index is 3.82. The topological polar surface area (TPSA) is 36.9 Å². The predicted molar refractivity (Wildman–Crippen MR) is 48.0 cm³/mol. The summed E-state index contributed by atoms with van der Waals surface area (Å²) >= 11 is 0. The van der Waals surface area contributed by atoms with Crippen LogP contribution < -0.4 is 0 Å². The lowest BCUT2D eigenvalue weighted by Gasteiger charge is -2.22. The van der Waals surface area contributed by atoms with Gasteiger partial charge in [0.1, 0.15) is 0 Å². The van der Waals surface area contributed by atoms with E-state index >= 15 is 0 Å². The third-order valence-corrected chi connectivity index (χ3v) is 3.69. The second-order valence-corrected chi connectivity index (χ2v) is 5.19. The number of alkyl halides is 3. The summed E-state index contributed by atoms with van der Waals surface area (Å²) < 4.78 is 55.0. The maximum absolute atomic E-state index is 11.8. The zero-order valence-electron chi connectivity index (χ0n) is 8.89. The minimum atomic E-state index is -4.17. The van der Waals surface area contributed by atoms with Crippen molar-refractivity contribution in [2.24, 2.45) is 0 Å². The standard InChI is InChI=1S/C7H15F3O4Si/c1-11-15(12-2,13-3)14-6-4-5-7(8,9)10/h4-6H2,1-3H3. The summed E-state index contributed by atoms with van der Waals surface area (Å²) in [5.74, 6) is 0. The smallest absolute Gasteiger partial charge is 0.355 e. The lowest BCUT2D eigenvalue weighted by molar-refractivity contribution is -0.138. The highest BCUT2D eigenvalue weighted by atomic mass is 28.4. The Bertz CT molecular complexity index is 164. The van der Waals surface area contributed by atoms with Crippen LogP contribution in [0.4, 0.5) is 13.2 Å². The molecular formula is C7H15F3O4Si. The molecule has 92 valence electrons. The second-order valence-electron chi connectivity index (χ2n) is 2.68. The molecule has 0 fully saturated rings. The average Bonchev–Trinajstić information content (AvgIpc) is 2.18. The molecule has 0 atom stereocenters. The van der Waals surface area contributed by atoms with Gasteiger partial charge < -0.3 is 17.7 Å². The molecule has 0 aliphatic heterocycles. The van der Waals surface area contributed by atoms with E-state index in [0.717, 1.165) is 0 Å². The third kappa shape index (κ3) is 6.10. The molecule has 0 amide bonds. The van der Waals surface area contributed by atoms with Crippen molar-refractivity contribution >= 4 is 9.05 Å². The Morgan fingerprint density at radius 3 is 1.80 bits per heavy atom. The van der Waals surface area contributed by atoms with Crippen LogP contribution in [-0.2, 0) is 17.7 Å². The van der Waals surface area contributed by atoms with Crippen LogP contribution in [0.5, 0.6) is 0 Å². The molecule has 0 aromatic rings. The summed E-state index contributed by atoms with van der Waals surface area (Å²) in [5, 5.41) is 0. The Morgan fingerprint density at radius 1 is 1.00 bits per heavy atom. The quantitative estimate of drug-likeness (QED) is 0.508. The predicted octanol–water partition coefficient (Wildman–Crippen LogP) is 1.72. The molecule has 0 aliphatic rings. The van der Waals surface area contributed by atoms with Crippen LogP contribution >= 0.6 is 0 Å². The van der Waals surface area contributed by atoms with Crippen molar-refractivity contribution in [3.05, 3.63) is 0 Å². The Morgan fingerprint density at radius 2 is 1.47 bits per heavy atom. The summed E-state index contributed by atoms with van der Waals surface area (Å²) in [7, 11) is 0.786. The number of hydrogen-bond donors (Lipinski definition) is 0. The van der Waals surface area contributed by atoms with Crippen molar-refractivity contribution in [3.8, 4) is 0 Å². The van der Waals surface area contributed by atoms with E-state index in [9.17, 15) is 13.2 Å². The molecule has 4 nitrogen and oxygen atoms in total. The van der Waals surface area contributed by atoms with Crippen LogP contribution in [0.25, 0.3) is 0 Å². The fraction of sp³-hybridized carbons (Fsp3) is 1.00. The first-order valence-corrected chi connectivity index (χ1v) is 5.88. The largest absolute Gasteiger partial charge is 0.678 e. The highest BCUT2D eigenvalue weighted by Crippen LogP contribution is 2.21. The first-order chi connectivity index (χ1) is 6.89. The van der Waals surface area contributed by atoms with Gasteiger partial charge in [-0.05, 0) is 6.42 Å². The molecule has 8 heteroatoms. The van der Waals surface area contributed by atoms with Crippen LogP contribution in [0.3, 0.4) is 0 Å². The molecule has 0 unspecified atom stereocenters. The third-order valence-electron chi connectivity index (χ3n) is 1.63. The van der Waals surface area contributed by atoms with Crippen LogP contribution in [0.15, 0.2) is 0 Å². The summed E-state index contributed by atoms with van der Waals surface area (Å²) in [6, 6.07) is 0. The molecule has 0 rings (SSSR count). The van der Waals surface area contributed by atoms with Crippen molar-refractivity contribution < 1.29 is 30.9 Å². The maximum Gasteiger partial charge on any atom is 0.678 e. The van der Waals surface area contributed by atoms with E-state index in [1.54, 1.807) is 0 Å². The van der Waals surface area contributed by atoms with E-state index in [-0.39, 0.29) is 13.0 Å². The van der Waals surface area contributed by atoms with E-state index in [1.807, 2.05) is 0 Å². The van der Waals surface area contributed by atoms with Crippen LogP contribution in [-0.4, -0.2) is 43.2 Å². The second kappa shape index (κ2) is 6.43. The summed E-state index contributed by atoms with van der Waals surface area (Å²) in [4.78, 5) is 0. The number of halogens is 3. The van der Waals surface area contributed by atoms with Crippen LogP contribution in [0.2, 0.25) is 0 Å². The zero-order valence-corrected chi connectivity index (χ0v) is 9.89. The maximum atomic E-state index is 11.8. The monoisotopic (exact) mass is 248 g/mol. The molecule has 15 heavy (non-hydrogen) atoms. The Hall–Kier alpha value is -0.153. The van der Waals surface area contributed by atoms with Crippen molar-refractivity contribution in [3.63, 3.8) is 0 Å². The van der Waals surface area contributed by atoms with Gasteiger partial charge in [0.2, 0.25) is 0 Å². The molecule has 0 radical (unpaired) electrons. The number of rotatable bonds is 7. The lowest BCUT2D eigenvalue weighted by atomic mass is 10.3. The SMILES string of the molecule is CO[Si](OC)(OC)OCCCC(F)(F)F. The van der Waals surface area contributed by atoms with Crippen LogP contribution in [0.1, 0.15) is 12.8 Å². The molecule has 0 aromatic carbocycles. The van der Waals surface area contributed by atoms with E-state index in [1.165, 1.54) is 21.3 Å². The molecule has 0 aromatic heterocycles. The van der Waals surface area contributed by atoms with Gasteiger partial charge in [-0.25, -0.2) is 0 Å². The van der Waals surface area contributed by atoms with Crippen molar-refractivity contribution in [2.45, 2.75) is 19.0 Å². The lowest BCUT2D eigenvalue weighted by Crippen LogP contribution is -2.46. The molecule has 0 saturated carbocycles. The first kappa shape index (κ1) is 14.8. The van der Waals surface area contributed by atoms with Gasteiger partial charge in [0.15, 0.2) is 0 Å². The van der Waals surface area contributed by atoms with Gasteiger partial charge in [-0.15, -0.1) is 0 Å². The van der Waals surface area contributed by atoms with E-state index in [0.29, 0.717) is 0 Å². The van der Waals surface area contributed by atoms with Crippen molar-refractivity contribution in [1.82, 2.24) is 0 Å². The van der Waals surface area contributed by atoms with E-state index in [2.05, 4.69) is 0 Å². The Kier molecular flexibility index (Phi) is 6.37. The molecule has 0 bridgehead atoms. The summed E-state index contributed by atoms with van der Waals surface area (Å²) in [6.45, 7) is -0.110. The summed E-state index contributed by atoms with van der Waals surface area (Å²) in [6.07, 6.45) is -5.20. The highest BCUT2D eigenvalue weighted by molar-refractivity contribution is 6.53. The van der Waals surface area contributed by atoms with Gasteiger partial charge in [-0.3, -0.25) is 0 Å². The van der Waals surface area contributed by atoms with Crippen molar-refractivity contribution in [2.75, 3.05) is 27.9 Å². The highest BCUT2D eigenvalue weighted by Gasteiger charge is 2.42. The molecule has 0 heterocycles. The van der Waals surface area contributed by atoms with Gasteiger partial charge in [-0.1, -0.05) is 0 Å². The van der Waals surface area contributed by atoms with Gasteiger partial charge in [0, 0.05) is 34.4 Å². The molecule has 0 N–H and O–H groups in total. The average molecular weight is 248 g/mol. The minimum absolute atomic E-state index is 0.110. The van der Waals surface area contributed by atoms with E-state index in [4.69, 9.17) is 17.7 Å². The van der Waals surface area contributed by atoms with Crippen molar-refractivity contribution in [1.29, 1.82) is 0 Å². The zero-order chi connectivity index (χ0) is 11.9. The molecular weight excluding hydrogens is 233 g/mol. The minimum Gasteiger partial charge on any atom is -0.355 e. The number of hydrogen-bond acceptors (Lipinski definition) is 4. The molecule has 0 saturated heterocycles. The van der Waals surface area contributed by atoms with Gasteiger partial charge in [0.05, 0.1) is 0 Å². The fourth-order valence-corrected chi connectivity index (χ4v) is 2.14. The van der Waals surface area contributed by atoms with E-state index < -0.39 is 21.6 Å². The van der Waals surface area contributed by atoms with Gasteiger partial charge in [-0.2, -0.15) is 13.2 Å². The summed E-state index contributed by atoms with van der Waals surface area (Å²) in [5.41, 5.74) is 0. The first-order valence-electron chi connectivity index (χ1n) is 4.25. The fourth-order valence-electron chi connectivity index (χ4n) is 0.897. The normalized spacial score (nSPS) is 13.2. The Labute approximate surface area is 87.8 Å².